The van der Waals surface area contributed by atoms with Gasteiger partial charge in [-0.15, -0.1) is 0 Å². The molecule has 0 radical (unpaired) electrons. The molecule has 1 fully saturated rings. The molecule has 0 aliphatic heterocycles. The summed E-state index contributed by atoms with van der Waals surface area (Å²) in [5.41, 5.74) is 7.85. The molecule has 0 atom stereocenters. The van der Waals surface area contributed by atoms with Crippen LogP contribution in [-0.4, -0.2) is 9.78 Å². The van der Waals surface area contributed by atoms with Crippen LogP contribution >= 0.6 is 23.2 Å². The van der Waals surface area contributed by atoms with E-state index in [4.69, 9.17) is 28.9 Å². The van der Waals surface area contributed by atoms with E-state index in [1.807, 2.05) is 12.1 Å². The van der Waals surface area contributed by atoms with Crippen molar-refractivity contribution < 1.29 is 0 Å². The third-order valence-corrected chi connectivity index (χ3v) is 3.64. The number of nitrogens with two attached hydrogens (primary N) is 1. The average molecular weight is 268 g/mol. The van der Waals surface area contributed by atoms with Crippen molar-refractivity contribution in [3.63, 3.8) is 0 Å². The molecule has 2 aromatic rings. The highest BCUT2D eigenvalue weighted by atomic mass is 35.5. The molecule has 17 heavy (non-hydrogen) atoms. The topological polar surface area (TPSA) is 43.8 Å². The van der Waals surface area contributed by atoms with Gasteiger partial charge in [0.2, 0.25) is 0 Å². The van der Waals surface area contributed by atoms with Crippen LogP contribution < -0.4 is 5.73 Å². The van der Waals surface area contributed by atoms with Crippen molar-refractivity contribution in [3.8, 4) is 5.69 Å². The molecule has 0 unspecified atom stereocenters. The molecule has 88 valence electrons. The Balaban J connectivity index is 2.04. The van der Waals surface area contributed by atoms with Crippen molar-refractivity contribution in [2.45, 2.75) is 18.8 Å². The SMILES string of the molecule is Nc1cc(C2CC2)nn1-c1ccc(Cl)c(Cl)c1. The first-order valence-corrected chi connectivity index (χ1v) is 6.21. The summed E-state index contributed by atoms with van der Waals surface area (Å²) in [5.74, 6) is 1.21. The van der Waals surface area contributed by atoms with Gasteiger partial charge in [-0.2, -0.15) is 5.10 Å². The van der Waals surface area contributed by atoms with E-state index >= 15 is 0 Å². The molecule has 1 aliphatic rings. The van der Waals surface area contributed by atoms with Crippen LogP contribution in [0.15, 0.2) is 24.3 Å². The first-order valence-electron chi connectivity index (χ1n) is 5.46. The molecule has 0 amide bonds. The second-order valence-corrected chi connectivity index (χ2v) is 5.09. The lowest BCUT2D eigenvalue weighted by Gasteiger charge is -2.05. The number of hydrogen-bond donors (Lipinski definition) is 1. The second-order valence-electron chi connectivity index (χ2n) is 4.28. The molecule has 0 saturated heterocycles. The molecular formula is C12H11Cl2N3. The molecule has 5 heteroatoms. The number of nitrogen functional groups attached to an aromatic ring is 1. The van der Waals surface area contributed by atoms with E-state index in [2.05, 4.69) is 5.10 Å². The maximum Gasteiger partial charge on any atom is 0.127 e. The highest BCUT2D eigenvalue weighted by Gasteiger charge is 2.27. The van der Waals surface area contributed by atoms with Crippen LogP contribution in [0.4, 0.5) is 5.82 Å². The third-order valence-electron chi connectivity index (χ3n) is 2.90. The van der Waals surface area contributed by atoms with Gasteiger partial charge in [0.25, 0.3) is 0 Å². The zero-order valence-electron chi connectivity index (χ0n) is 9.03. The van der Waals surface area contributed by atoms with Crippen LogP contribution in [0.2, 0.25) is 10.0 Å². The molecule has 2 N–H and O–H groups in total. The van der Waals surface area contributed by atoms with Crippen molar-refractivity contribution >= 4 is 29.0 Å². The summed E-state index contributed by atoms with van der Waals surface area (Å²) in [6.45, 7) is 0. The van der Waals surface area contributed by atoms with Gasteiger partial charge in [0, 0.05) is 12.0 Å². The minimum Gasteiger partial charge on any atom is -0.384 e. The highest BCUT2D eigenvalue weighted by molar-refractivity contribution is 6.42. The Labute approximate surface area is 109 Å². The first kappa shape index (κ1) is 10.9. The fourth-order valence-corrected chi connectivity index (χ4v) is 2.11. The van der Waals surface area contributed by atoms with E-state index in [-0.39, 0.29) is 0 Å². The van der Waals surface area contributed by atoms with E-state index in [1.165, 1.54) is 12.8 Å². The van der Waals surface area contributed by atoms with E-state index < -0.39 is 0 Å². The van der Waals surface area contributed by atoms with Crippen LogP contribution in [0, 0.1) is 0 Å². The summed E-state index contributed by atoms with van der Waals surface area (Å²) in [6, 6.07) is 7.30. The van der Waals surface area contributed by atoms with Crippen LogP contribution in [0.25, 0.3) is 5.69 Å². The fraction of sp³-hybridized carbons (Fsp3) is 0.250. The van der Waals surface area contributed by atoms with Gasteiger partial charge < -0.3 is 5.73 Å². The van der Waals surface area contributed by atoms with Gasteiger partial charge in [0.05, 0.1) is 21.4 Å². The lowest BCUT2D eigenvalue weighted by Crippen LogP contribution is -2.01. The molecule has 1 aliphatic carbocycles. The summed E-state index contributed by atoms with van der Waals surface area (Å²) < 4.78 is 1.70. The Morgan fingerprint density at radius 1 is 1.18 bits per heavy atom. The highest BCUT2D eigenvalue weighted by Crippen LogP contribution is 2.40. The predicted molar refractivity (Wildman–Crippen MR) is 70.0 cm³/mol. The number of aromatic nitrogens is 2. The lowest BCUT2D eigenvalue weighted by molar-refractivity contribution is 0.845. The Morgan fingerprint density at radius 3 is 2.59 bits per heavy atom. The molecule has 1 heterocycles. The minimum absolute atomic E-state index is 0.507. The predicted octanol–water partition coefficient (Wildman–Crippen LogP) is 3.64. The Hall–Kier alpha value is -1.19. The van der Waals surface area contributed by atoms with Crippen LogP contribution in [0.5, 0.6) is 0 Å². The van der Waals surface area contributed by atoms with E-state index in [0.717, 1.165) is 11.4 Å². The van der Waals surface area contributed by atoms with Crippen LogP contribution in [0.3, 0.4) is 0 Å². The van der Waals surface area contributed by atoms with Crippen molar-refractivity contribution in [2.75, 3.05) is 5.73 Å². The summed E-state index contributed by atoms with van der Waals surface area (Å²) >= 11 is 11.9. The maximum atomic E-state index is 5.98. The average Bonchev–Trinajstić information content (AvgIpc) is 3.07. The molecule has 3 rings (SSSR count). The van der Waals surface area contributed by atoms with Crippen molar-refractivity contribution in [3.05, 3.63) is 40.0 Å². The maximum absolute atomic E-state index is 5.98. The number of halogens is 2. The van der Waals surface area contributed by atoms with Gasteiger partial charge >= 0.3 is 0 Å². The molecule has 3 nitrogen and oxygen atoms in total. The second kappa shape index (κ2) is 3.93. The largest absolute Gasteiger partial charge is 0.384 e. The zero-order chi connectivity index (χ0) is 12.0. The number of benzene rings is 1. The van der Waals surface area contributed by atoms with Gasteiger partial charge in [0.1, 0.15) is 5.82 Å². The fourth-order valence-electron chi connectivity index (χ4n) is 1.82. The third kappa shape index (κ3) is 2.01. The minimum atomic E-state index is 0.507. The number of anilines is 1. The Bertz CT molecular complexity index is 573. The standard InChI is InChI=1S/C12H11Cl2N3/c13-9-4-3-8(5-10(9)14)17-12(15)6-11(16-17)7-1-2-7/h3-7H,1-2,15H2. The Kier molecular flexibility index (Phi) is 2.53. The van der Waals surface area contributed by atoms with Gasteiger partial charge in [0.15, 0.2) is 0 Å². The molecule has 1 aromatic carbocycles. The number of nitrogens with zero attached hydrogens (tertiary/aromatic N) is 2. The normalized spacial score (nSPS) is 15.2. The summed E-state index contributed by atoms with van der Waals surface area (Å²) in [4.78, 5) is 0. The number of hydrogen-bond acceptors (Lipinski definition) is 2. The van der Waals surface area contributed by atoms with Gasteiger partial charge in [-0.3, -0.25) is 0 Å². The molecule has 1 saturated carbocycles. The summed E-state index contributed by atoms with van der Waals surface area (Å²) in [6.07, 6.45) is 2.41. The van der Waals surface area contributed by atoms with Crippen LogP contribution in [-0.2, 0) is 0 Å². The van der Waals surface area contributed by atoms with E-state index in [9.17, 15) is 0 Å². The monoisotopic (exact) mass is 267 g/mol. The van der Waals surface area contributed by atoms with E-state index in [0.29, 0.717) is 21.8 Å². The molecule has 1 aromatic heterocycles. The lowest BCUT2D eigenvalue weighted by atomic mass is 10.3. The van der Waals surface area contributed by atoms with Gasteiger partial charge in [-0.05, 0) is 31.0 Å². The summed E-state index contributed by atoms with van der Waals surface area (Å²) in [7, 11) is 0. The molecule has 0 spiro atoms. The quantitative estimate of drug-likeness (QED) is 0.903. The van der Waals surface area contributed by atoms with E-state index in [1.54, 1.807) is 16.8 Å². The smallest absolute Gasteiger partial charge is 0.127 e. The van der Waals surface area contributed by atoms with Gasteiger partial charge in [-0.25, -0.2) is 4.68 Å². The molecule has 0 bridgehead atoms. The first-order chi connectivity index (χ1) is 8.15. The zero-order valence-corrected chi connectivity index (χ0v) is 10.5. The number of rotatable bonds is 2. The Morgan fingerprint density at radius 2 is 1.94 bits per heavy atom. The van der Waals surface area contributed by atoms with Gasteiger partial charge in [-0.1, -0.05) is 23.2 Å². The van der Waals surface area contributed by atoms with Crippen molar-refractivity contribution in [1.29, 1.82) is 0 Å². The van der Waals surface area contributed by atoms with Crippen molar-refractivity contribution in [1.82, 2.24) is 9.78 Å². The molecular weight excluding hydrogens is 257 g/mol. The van der Waals surface area contributed by atoms with Crippen molar-refractivity contribution in [2.24, 2.45) is 0 Å². The summed E-state index contributed by atoms with van der Waals surface area (Å²) in [5, 5.41) is 5.54. The van der Waals surface area contributed by atoms with Crippen LogP contribution in [0.1, 0.15) is 24.5 Å².